The van der Waals surface area contributed by atoms with Gasteiger partial charge in [0, 0.05) is 23.5 Å². The fourth-order valence-electron chi connectivity index (χ4n) is 4.26. The summed E-state index contributed by atoms with van der Waals surface area (Å²) in [5.74, 6) is -1.48. The van der Waals surface area contributed by atoms with Gasteiger partial charge in [-0.15, -0.1) is 0 Å². The lowest BCUT2D eigenvalue weighted by Crippen LogP contribution is -2.43. The number of fused-ring (bicyclic) bond motifs is 1. The van der Waals surface area contributed by atoms with Crippen LogP contribution in [0, 0.1) is 5.82 Å². The summed E-state index contributed by atoms with van der Waals surface area (Å²) in [5.41, 5.74) is 1.91. The molecule has 3 aromatic rings. The number of benzene rings is 2. The first-order valence-electron chi connectivity index (χ1n) is 11.6. The van der Waals surface area contributed by atoms with E-state index in [0.29, 0.717) is 35.1 Å². The van der Waals surface area contributed by atoms with Crippen LogP contribution >= 0.6 is 0 Å². The predicted octanol–water partition coefficient (Wildman–Crippen LogP) is 4.01. The van der Waals surface area contributed by atoms with Gasteiger partial charge >= 0.3 is 5.97 Å². The molecule has 0 radical (unpaired) electrons. The molecule has 9 heteroatoms. The minimum atomic E-state index is -3.16. The molecule has 1 fully saturated rings. The Morgan fingerprint density at radius 2 is 1.89 bits per heavy atom. The third kappa shape index (κ3) is 5.85. The van der Waals surface area contributed by atoms with E-state index in [-0.39, 0.29) is 22.9 Å². The Balaban J connectivity index is 1.55. The molecule has 1 atom stereocenters. The quantitative estimate of drug-likeness (QED) is 0.436. The maximum absolute atomic E-state index is 13.4. The van der Waals surface area contributed by atoms with Crippen LogP contribution in [0.4, 0.5) is 4.39 Å². The maximum Gasteiger partial charge on any atom is 0.339 e. The van der Waals surface area contributed by atoms with E-state index in [1.165, 1.54) is 17.0 Å². The summed E-state index contributed by atoms with van der Waals surface area (Å²) in [5, 5.41) is 0.570. The molecule has 1 unspecified atom stereocenters. The molecule has 0 spiro atoms. The van der Waals surface area contributed by atoms with Crippen molar-refractivity contribution in [2.24, 2.45) is 0 Å². The van der Waals surface area contributed by atoms with Crippen molar-refractivity contribution in [1.82, 2.24) is 9.88 Å². The van der Waals surface area contributed by atoms with Crippen LogP contribution in [0.2, 0.25) is 0 Å². The van der Waals surface area contributed by atoms with E-state index in [9.17, 15) is 22.4 Å². The van der Waals surface area contributed by atoms with E-state index in [4.69, 9.17) is 4.74 Å². The summed E-state index contributed by atoms with van der Waals surface area (Å²) in [6, 6.07) is 14.0. The minimum absolute atomic E-state index is 0.0581. The average Bonchev–Trinajstić information content (AvgIpc) is 3.21. The van der Waals surface area contributed by atoms with E-state index in [2.05, 4.69) is 4.98 Å². The van der Waals surface area contributed by atoms with Crippen molar-refractivity contribution in [3.63, 3.8) is 0 Å². The second-order valence-electron chi connectivity index (χ2n) is 8.65. The van der Waals surface area contributed by atoms with Crippen molar-refractivity contribution in [3.05, 3.63) is 66.0 Å². The monoisotopic (exact) mass is 498 g/mol. The molecule has 0 aliphatic carbocycles. The molecule has 0 N–H and O–H groups in total. The van der Waals surface area contributed by atoms with Crippen LogP contribution in [0.3, 0.4) is 0 Å². The number of amides is 1. The standard InChI is InChI=1S/C26H27FN2O5S/c1-2-3-13-29(20-12-14-35(32,33)17-20)25(30)16-34-26(31)22-15-24(18-8-10-19(27)11-9-18)28-23-7-5-4-6-21(22)23/h4-11,15,20H,2-3,12-14,16-17H2,1H3. The maximum atomic E-state index is 13.4. The Kier molecular flexibility index (Phi) is 7.45. The van der Waals surface area contributed by atoms with Gasteiger partial charge < -0.3 is 9.64 Å². The highest BCUT2D eigenvalue weighted by Gasteiger charge is 2.34. The van der Waals surface area contributed by atoms with Crippen LogP contribution in [0.25, 0.3) is 22.2 Å². The summed E-state index contributed by atoms with van der Waals surface area (Å²) in [6.45, 7) is 1.92. The number of rotatable bonds is 8. The molecule has 0 bridgehead atoms. The summed E-state index contributed by atoms with van der Waals surface area (Å²) in [7, 11) is -3.16. The Morgan fingerprint density at radius 1 is 1.14 bits per heavy atom. The van der Waals surface area contributed by atoms with Gasteiger partial charge in [0.2, 0.25) is 0 Å². The number of sulfone groups is 1. The molecule has 7 nitrogen and oxygen atoms in total. The molecule has 0 saturated carbocycles. The number of hydrogen-bond donors (Lipinski definition) is 0. The Hall–Kier alpha value is -3.33. The number of hydrogen-bond acceptors (Lipinski definition) is 6. The second-order valence-corrected chi connectivity index (χ2v) is 10.9. The summed E-state index contributed by atoms with van der Waals surface area (Å²) in [6.07, 6.45) is 1.96. The van der Waals surface area contributed by atoms with Crippen LogP contribution < -0.4 is 0 Å². The van der Waals surface area contributed by atoms with Crippen LogP contribution in [0.15, 0.2) is 54.6 Å². The van der Waals surface area contributed by atoms with Gasteiger partial charge in [-0.05, 0) is 49.2 Å². The van der Waals surface area contributed by atoms with Gasteiger partial charge in [0.05, 0.1) is 28.3 Å². The van der Waals surface area contributed by atoms with Gasteiger partial charge in [0.1, 0.15) is 5.82 Å². The lowest BCUT2D eigenvalue weighted by atomic mass is 10.0. The van der Waals surface area contributed by atoms with Crippen molar-refractivity contribution in [2.75, 3.05) is 24.7 Å². The zero-order valence-corrected chi connectivity index (χ0v) is 20.3. The van der Waals surface area contributed by atoms with Crippen LogP contribution in [0.1, 0.15) is 36.5 Å². The summed E-state index contributed by atoms with van der Waals surface area (Å²) >= 11 is 0. The lowest BCUT2D eigenvalue weighted by Gasteiger charge is -2.28. The Labute approximate surface area is 203 Å². The molecule has 1 aliphatic heterocycles. The van der Waals surface area contributed by atoms with Crippen molar-refractivity contribution < 1.29 is 27.1 Å². The molecule has 35 heavy (non-hydrogen) atoms. The largest absolute Gasteiger partial charge is 0.452 e. The van der Waals surface area contributed by atoms with Crippen molar-refractivity contribution in [3.8, 4) is 11.3 Å². The molecule has 1 amide bonds. The number of ether oxygens (including phenoxy) is 1. The minimum Gasteiger partial charge on any atom is -0.452 e. The van der Waals surface area contributed by atoms with E-state index < -0.39 is 34.4 Å². The zero-order chi connectivity index (χ0) is 25.0. The molecular formula is C26H27FN2O5S. The fraction of sp³-hybridized carbons (Fsp3) is 0.346. The third-order valence-electron chi connectivity index (χ3n) is 6.12. The molecule has 2 aromatic carbocycles. The van der Waals surface area contributed by atoms with Gasteiger partial charge in [-0.2, -0.15) is 0 Å². The Morgan fingerprint density at radius 3 is 2.57 bits per heavy atom. The van der Waals surface area contributed by atoms with Crippen LogP contribution in [-0.2, 0) is 19.4 Å². The van der Waals surface area contributed by atoms with E-state index in [1.54, 1.807) is 42.5 Å². The molecule has 1 saturated heterocycles. The Bertz CT molecular complexity index is 1340. The summed E-state index contributed by atoms with van der Waals surface area (Å²) < 4.78 is 42.7. The molecule has 1 aliphatic rings. The van der Waals surface area contributed by atoms with Crippen molar-refractivity contribution in [2.45, 2.75) is 32.2 Å². The molecular weight excluding hydrogens is 471 g/mol. The number of halogens is 1. The predicted molar refractivity (Wildman–Crippen MR) is 131 cm³/mol. The van der Waals surface area contributed by atoms with Gasteiger partial charge in [-0.1, -0.05) is 31.5 Å². The van der Waals surface area contributed by atoms with Crippen LogP contribution in [-0.4, -0.2) is 60.9 Å². The molecule has 184 valence electrons. The lowest BCUT2D eigenvalue weighted by molar-refractivity contribution is -0.136. The normalized spacial score (nSPS) is 16.8. The number of pyridine rings is 1. The van der Waals surface area contributed by atoms with Gasteiger partial charge in [0.15, 0.2) is 16.4 Å². The van der Waals surface area contributed by atoms with E-state index in [1.807, 2.05) is 6.92 Å². The molecule has 1 aromatic heterocycles. The number of carbonyl (C=O) groups excluding carboxylic acids is 2. The molecule has 4 rings (SSSR count). The molecule has 2 heterocycles. The van der Waals surface area contributed by atoms with Crippen molar-refractivity contribution >= 4 is 32.6 Å². The first-order valence-corrected chi connectivity index (χ1v) is 13.4. The highest BCUT2D eigenvalue weighted by molar-refractivity contribution is 7.91. The SMILES string of the molecule is CCCCN(C(=O)COC(=O)c1cc(-c2ccc(F)cc2)nc2ccccc12)C1CCS(=O)(=O)C1. The average molecular weight is 499 g/mol. The number of nitrogens with zero attached hydrogens (tertiary/aromatic N) is 2. The van der Waals surface area contributed by atoms with E-state index >= 15 is 0 Å². The topological polar surface area (TPSA) is 93.6 Å². The highest BCUT2D eigenvalue weighted by Crippen LogP contribution is 2.26. The number of esters is 1. The first kappa shape index (κ1) is 24.8. The number of carbonyl (C=O) groups is 2. The highest BCUT2D eigenvalue weighted by atomic mass is 32.2. The van der Waals surface area contributed by atoms with Crippen molar-refractivity contribution in [1.29, 1.82) is 0 Å². The second kappa shape index (κ2) is 10.5. The first-order chi connectivity index (χ1) is 16.8. The van der Waals surface area contributed by atoms with Crippen LogP contribution in [0.5, 0.6) is 0 Å². The van der Waals surface area contributed by atoms with Gasteiger partial charge in [-0.3, -0.25) is 4.79 Å². The fourth-order valence-corrected chi connectivity index (χ4v) is 5.99. The number of aromatic nitrogens is 1. The smallest absolute Gasteiger partial charge is 0.339 e. The van der Waals surface area contributed by atoms with Gasteiger partial charge in [-0.25, -0.2) is 22.6 Å². The third-order valence-corrected chi connectivity index (χ3v) is 7.88. The number of para-hydroxylation sites is 1. The summed E-state index contributed by atoms with van der Waals surface area (Å²) in [4.78, 5) is 32.2. The van der Waals surface area contributed by atoms with Gasteiger partial charge in [0.25, 0.3) is 5.91 Å². The number of unbranched alkanes of at least 4 members (excludes halogenated alkanes) is 1. The zero-order valence-electron chi connectivity index (χ0n) is 19.4. The van der Waals surface area contributed by atoms with E-state index in [0.717, 1.165) is 12.8 Å².